The van der Waals surface area contributed by atoms with Gasteiger partial charge in [-0.2, -0.15) is 0 Å². The minimum absolute atomic E-state index is 0.123. The Morgan fingerprint density at radius 1 is 1.04 bits per heavy atom. The first-order valence-corrected chi connectivity index (χ1v) is 9.22. The third kappa shape index (κ3) is 7.99. The SMILES string of the molecule is CCC(CC)(C(=O)O)c1ccccc1.CCN(CC)CCOCCO. The molecule has 1 aromatic carbocycles. The van der Waals surface area contributed by atoms with Gasteiger partial charge in [-0.3, -0.25) is 4.79 Å². The Kier molecular flexibility index (Phi) is 13.0. The van der Waals surface area contributed by atoms with Crippen molar-refractivity contribution in [3.8, 4) is 0 Å². The van der Waals surface area contributed by atoms with Crippen molar-refractivity contribution < 1.29 is 19.7 Å². The number of hydrogen-bond acceptors (Lipinski definition) is 4. The molecule has 0 radical (unpaired) electrons. The summed E-state index contributed by atoms with van der Waals surface area (Å²) in [7, 11) is 0. The van der Waals surface area contributed by atoms with E-state index in [1.165, 1.54) is 0 Å². The number of nitrogens with zero attached hydrogens (tertiary/aromatic N) is 1. The van der Waals surface area contributed by atoms with Crippen LogP contribution < -0.4 is 0 Å². The number of aliphatic carboxylic acids is 1. The van der Waals surface area contributed by atoms with Crippen LogP contribution >= 0.6 is 0 Å². The van der Waals surface area contributed by atoms with Crippen molar-refractivity contribution >= 4 is 5.97 Å². The van der Waals surface area contributed by atoms with E-state index in [4.69, 9.17) is 9.84 Å². The van der Waals surface area contributed by atoms with Crippen LogP contribution in [0, 0.1) is 0 Å². The van der Waals surface area contributed by atoms with E-state index in [1.807, 2.05) is 44.2 Å². The Balaban J connectivity index is 0.000000477. The predicted octanol–water partition coefficient (Wildman–Crippen LogP) is 3.17. The molecule has 0 aromatic heterocycles. The number of hydrogen-bond donors (Lipinski definition) is 2. The highest BCUT2D eigenvalue weighted by Gasteiger charge is 2.36. The number of carbonyl (C=O) groups is 1. The highest BCUT2D eigenvalue weighted by Crippen LogP contribution is 2.31. The summed E-state index contributed by atoms with van der Waals surface area (Å²) in [6.45, 7) is 12.5. The second-order valence-electron chi connectivity index (χ2n) is 5.82. The molecule has 0 spiro atoms. The molecule has 0 fully saturated rings. The molecule has 1 aromatic rings. The molecule has 0 unspecified atom stereocenters. The van der Waals surface area contributed by atoms with E-state index in [0.29, 0.717) is 19.4 Å². The molecular formula is C20H35NO4. The summed E-state index contributed by atoms with van der Waals surface area (Å²) in [5, 5.41) is 17.7. The molecule has 0 amide bonds. The van der Waals surface area contributed by atoms with Crippen LogP contribution in [0.4, 0.5) is 0 Å². The lowest BCUT2D eigenvalue weighted by Crippen LogP contribution is -2.34. The Labute approximate surface area is 152 Å². The average molecular weight is 354 g/mol. The summed E-state index contributed by atoms with van der Waals surface area (Å²) in [5.41, 5.74) is 0.193. The first-order valence-electron chi connectivity index (χ1n) is 9.22. The molecule has 0 atom stereocenters. The molecule has 25 heavy (non-hydrogen) atoms. The van der Waals surface area contributed by atoms with Gasteiger partial charge < -0.3 is 19.8 Å². The second kappa shape index (κ2) is 13.8. The molecular weight excluding hydrogens is 318 g/mol. The maximum atomic E-state index is 11.3. The zero-order valence-electron chi connectivity index (χ0n) is 16.2. The highest BCUT2D eigenvalue weighted by molar-refractivity contribution is 5.81. The summed E-state index contributed by atoms with van der Waals surface area (Å²) in [5.74, 6) is -0.728. The standard InChI is InChI=1S/C12H16O2.C8H19NO2/c1-3-12(4-2,11(13)14)10-8-6-5-7-9-10;1-3-9(4-2)5-7-11-8-6-10/h5-9H,3-4H2,1-2H3,(H,13,14);10H,3-8H2,1-2H3. The first-order chi connectivity index (χ1) is 12.0. The van der Waals surface area contributed by atoms with Gasteiger partial charge in [0.1, 0.15) is 0 Å². The smallest absolute Gasteiger partial charge is 0.314 e. The van der Waals surface area contributed by atoms with Gasteiger partial charge in [0.05, 0.1) is 25.2 Å². The van der Waals surface area contributed by atoms with Crippen molar-refractivity contribution in [3.05, 3.63) is 35.9 Å². The van der Waals surface area contributed by atoms with E-state index >= 15 is 0 Å². The topological polar surface area (TPSA) is 70.0 Å². The van der Waals surface area contributed by atoms with Crippen LogP contribution in [0.2, 0.25) is 0 Å². The third-order valence-corrected chi connectivity index (χ3v) is 4.62. The van der Waals surface area contributed by atoms with Crippen LogP contribution in [0.5, 0.6) is 0 Å². The normalized spacial score (nSPS) is 11.1. The molecule has 0 aliphatic carbocycles. The number of aliphatic hydroxyl groups excluding tert-OH is 1. The predicted molar refractivity (Wildman–Crippen MR) is 102 cm³/mol. The maximum Gasteiger partial charge on any atom is 0.314 e. The Morgan fingerprint density at radius 3 is 2.00 bits per heavy atom. The zero-order valence-corrected chi connectivity index (χ0v) is 16.2. The Bertz CT molecular complexity index is 442. The minimum Gasteiger partial charge on any atom is -0.481 e. The molecule has 5 heteroatoms. The summed E-state index contributed by atoms with van der Waals surface area (Å²) in [6.07, 6.45) is 1.26. The monoisotopic (exact) mass is 353 g/mol. The van der Waals surface area contributed by atoms with Gasteiger partial charge in [-0.15, -0.1) is 0 Å². The summed E-state index contributed by atoms with van der Waals surface area (Å²) in [6, 6.07) is 9.46. The Morgan fingerprint density at radius 2 is 1.60 bits per heavy atom. The average Bonchev–Trinajstić information content (AvgIpc) is 2.65. The first kappa shape index (κ1) is 23.6. The fraction of sp³-hybridized carbons (Fsp3) is 0.650. The lowest BCUT2D eigenvalue weighted by molar-refractivity contribution is -0.144. The Hall–Kier alpha value is -1.43. The van der Waals surface area contributed by atoms with Crippen molar-refractivity contribution in [2.24, 2.45) is 0 Å². The van der Waals surface area contributed by atoms with Gasteiger partial charge in [-0.05, 0) is 31.5 Å². The molecule has 0 heterocycles. The molecule has 1 rings (SSSR count). The van der Waals surface area contributed by atoms with Gasteiger partial charge in [0.2, 0.25) is 0 Å². The van der Waals surface area contributed by atoms with Crippen LogP contribution in [0.3, 0.4) is 0 Å². The fourth-order valence-corrected chi connectivity index (χ4v) is 2.74. The summed E-state index contributed by atoms with van der Waals surface area (Å²) < 4.78 is 5.13. The number of carboxylic acid groups (broad SMARTS) is 1. The number of carboxylic acids is 1. The molecule has 0 aliphatic rings. The van der Waals surface area contributed by atoms with Gasteiger partial charge in [-0.1, -0.05) is 58.0 Å². The van der Waals surface area contributed by atoms with Gasteiger partial charge in [-0.25, -0.2) is 0 Å². The minimum atomic E-state index is -0.728. The van der Waals surface area contributed by atoms with Crippen LogP contribution in [0.25, 0.3) is 0 Å². The molecule has 0 saturated carbocycles. The second-order valence-corrected chi connectivity index (χ2v) is 5.82. The maximum absolute atomic E-state index is 11.3. The zero-order chi connectivity index (χ0) is 19.1. The lowest BCUT2D eigenvalue weighted by Gasteiger charge is -2.27. The van der Waals surface area contributed by atoms with E-state index in [9.17, 15) is 9.90 Å². The van der Waals surface area contributed by atoms with E-state index in [1.54, 1.807) is 0 Å². The van der Waals surface area contributed by atoms with Crippen LogP contribution in [-0.2, 0) is 14.9 Å². The van der Waals surface area contributed by atoms with Crippen molar-refractivity contribution in [2.75, 3.05) is 39.5 Å². The highest BCUT2D eigenvalue weighted by atomic mass is 16.5. The fourth-order valence-electron chi connectivity index (χ4n) is 2.74. The van der Waals surface area contributed by atoms with Crippen molar-refractivity contribution in [1.82, 2.24) is 4.90 Å². The van der Waals surface area contributed by atoms with Gasteiger partial charge >= 0.3 is 5.97 Å². The third-order valence-electron chi connectivity index (χ3n) is 4.62. The van der Waals surface area contributed by atoms with Crippen LogP contribution in [-0.4, -0.2) is 60.5 Å². The summed E-state index contributed by atoms with van der Waals surface area (Å²) in [4.78, 5) is 13.6. The van der Waals surface area contributed by atoms with E-state index < -0.39 is 11.4 Å². The van der Waals surface area contributed by atoms with Crippen LogP contribution in [0.1, 0.15) is 46.1 Å². The molecule has 0 saturated heterocycles. The number of benzene rings is 1. The van der Waals surface area contributed by atoms with E-state index in [0.717, 1.165) is 31.8 Å². The largest absolute Gasteiger partial charge is 0.481 e. The molecule has 144 valence electrons. The number of ether oxygens (including phenoxy) is 1. The van der Waals surface area contributed by atoms with Crippen LogP contribution in [0.15, 0.2) is 30.3 Å². The van der Waals surface area contributed by atoms with Gasteiger partial charge in [0.25, 0.3) is 0 Å². The number of likely N-dealkylation sites (N-methyl/N-ethyl adjacent to an activating group) is 1. The molecule has 5 nitrogen and oxygen atoms in total. The van der Waals surface area contributed by atoms with Crippen molar-refractivity contribution in [3.63, 3.8) is 0 Å². The van der Waals surface area contributed by atoms with Gasteiger partial charge in [0, 0.05) is 6.54 Å². The molecule has 0 aliphatic heterocycles. The van der Waals surface area contributed by atoms with Crippen molar-refractivity contribution in [1.29, 1.82) is 0 Å². The van der Waals surface area contributed by atoms with E-state index in [2.05, 4.69) is 18.7 Å². The number of rotatable bonds is 11. The van der Waals surface area contributed by atoms with Crippen molar-refractivity contribution in [2.45, 2.75) is 46.0 Å². The van der Waals surface area contributed by atoms with E-state index in [-0.39, 0.29) is 6.61 Å². The summed E-state index contributed by atoms with van der Waals surface area (Å²) >= 11 is 0. The number of aliphatic hydroxyl groups is 1. The molecule has 0 bridgehead atoms. The van der Waals surface area contributed by atoms with Gasteiger partial charge in [0.15, 0.2) is 0 Å². The molecule has 2 N–H and O–H groups in total. The lowest BCUT2D eigenvalue weighted by atomic mass is 9.76. The quantitative estimate of drug-likeness (QED) is 0.598.